The second kappa shape index (κ2) is 5.78. The van der Waals surface area contributed by atoms with Crippen molar-refractivity contribution in [2.24, 2.45) is 0 Å². The van der Waals surface area contributed by atoms with Crippen LogP contribution in [0.4, 0.5) is 0 Å². The van der Waals surface area contributed by atoms with Crippen LogP contribution < -0.4 is 5.32 Å². The molecule has 4 heteroatoms. The van der Waals surface area contributed by atoms with E-state index in [1.807, 2.05) is 0 Å². The molecule has 0 aromatic carbocycles. The van der Waals surface area contributed by atoms with E-state index >= 15 is 0 Å². The van der Waals surface area contributed by atoms with E-state index in [4.69, 9.17) is 0 Å². The molecule has 1 saturated carbocycles. The van der Waals surface area contributed by atoms with Crippen LogP contribution in [-0.4, -0.2) is 60.1 Å². The van der Waals surface area contributed by atoms with Crippen LogP contribution in [-0.2, 0) is 0 Å². The molecule has 1 N–H and O–H groups in total. The Labute approximate surface area is 117 Å². The lowest BCUT2D eigenvalue weighted by Crippen LogP contribution is -2.54. The van der Waals surface area contributed by atoms with Crippen LogP contribution in [0.5, 0.6) is 0 Å². The fraction of sp³-hybridized carbons (Fsp3) is 0.933. The fourth-order valence-corrected chi connectivity index (χ4v) is 3.56. The number of likely N-dealkylation sites (N-methyl/N-ethyl adjacent to an activating group) is 1. The molecule has 1 aliphatic heterocycles. The fourth-order valence-electron chi connectivity index (χ4n) is 3.56. The van der Waals surface area contributed by atoms with Crippen molar-refractivity contribution < 1.29 is 0 Å². The first-order valence-corrected chi connectivity index (χ1v) is 7.59. The van der Waals surface area contributed by atoms with E-state index in [0.29, 0.717) is 18.1 Å². The molecule has 1 heterocycles. The maximum atomic E-state index is 9.54. The zero-order valence-electron chi connectivity index (χ0n) is 12.8. The summed E-state index contributed by atoms with van der Waals surface area (Å²) < 4.78 is 0. The first-order valence-electron chi connectivity index (χ1n) is 7.59. The van der Waals surface area contributed by atoms with Crippen LogP contribution in [0.3, 0.4) is 0 Å². The lowest BCUT2D eigenvalue weighted by atomic mass is 9.98. The molecule has 0 spiro atoms. The van der Waals surface area contributed by atoms with Crippen molar-refractivity contribution in [1.82, 2.24) is 15.1 Å². The van der Waals surface area contributed by atoms with E-state index in [2.05, 4.69) is 49.0 Å². The molecule has 0 amide bonds. The number of nitriles is 1. The molecule has 3 unspecified atom stereocenters. The average Bonchev–Trinajstić information content (AvgIpc) is 2.77. The van der Waals surface area contributed by atoms with E-state index in [0.717, 1.165) is 38.9 Å². The number of hydrogen-bond acceptors (Lipinski definition) is 4. The van der Waals surface area contributed by atoms with Crippen molar-refractivity contribution in [2.75, 3.05) is 26.7 Å². The van der Waals surface area contributed by atoms with E-state index in [1.165, 1.54) is 0 Å². The first kappa shape index (κ1) is 14.8. The van der Waals surface area contributed by atoms with Crippen molar-refractivity contribution in [1.29, 1.82) is 5.26 Å². The predicted molar refractivity (Wildman–Crippen MR) is 77.9 cm³/mol. The van der Waals surface area contributed by atoms with Gasteiger partial charge in [0.05, 0.1) is 6.07 Å². The zero-order chi connectivity index (χ0) is 14.0. The summed E-state index contributed by atoms with van der Waals surface area (Å²) in [6, 6.07) is 4.14. The molecule has 1 saturated heterocycles. The lowest BCUT2D eigenvalue weighted by Gasteiger charge is -2.41. The summed E-state index contributed by atoms with van der Waals surface area (Å²) in [6.07, 6.45) is 3.13. The highest BCUT2D eigenvalue weighted by Crippen LogP contribution is 2.34. The molecular formula is C15H28N4. The topological polar surface area (TPSA) is 42.3 Å². The largest absolute Gasteiger partial charge is 0.301 e. The Morgan fingerprint density at radius 1 is 1.37 bits per heavy atom. The molecule has 19 heavy (non-hydrogen) atoms. The number of nitrogens with zero attached hydrogens (tertiary/aromatic N) is 3. The number of nitrogens with one attached hydrogen (secondary N) is 1. The molecule has 2 fully saturated rings. The van der Waals surface area contributed by atoms with Crippen molar-refractivity contribution >= 4 is 0 Å². The van der Waals surface area contributed by atoms with Crippen LogP contribution in [0.1, 0.15) is 40.0 Å². The summed E-state index contributed by atoms with van der Waals surface area (Å²) in [6.45, 7) is 9.99. The molecule has 0 aromatic rings. The van der Waals surface area contributed by atoms with Gasteiger partial charge in [-0.2, -0.15) is 5.26 Å². The molecule has 108 valence electrons. The minimum atomic E-state index is -0.286. The highest BCUT2D eigenvalue weighted by Gasteiger charge is 2.42. The summed E-state index contributed by atoms with van der Waals surface area (Å²) in [5, 5.41) is 13.0. The van der Waals surface area contributed by atoms with Gasteiger partial charge >= 0.3 is 0 Å². The number of piperazine rings is 1. The third kappa shape index (κ3) is 3.28. The zero-order valence-corrected chi connectivity index (χ0v) is 12.8. The van der Waals surface area contributed by atoms with Crippen LogP contribution in [0.25, 0.3) is 0 Å². The summed E-state index contributed by atoms with van der Waals surface area (Å²) in [5.41, 5.74) is -0.286. The molecule has 0 radical (unpaired) electrons. The van der Waals surface area contributed by atoms with Crippen molar-refractivity contribution in [3.8, 4) is 6.07 Å². The number of rotatable bonds is 3. The van der Waals surface area contributed by atoms with E-state index in [1.54, 1.807) is 0 Å². The van der Waals surface area contributed by atoms with E-state index in [-0.39, 0.29) is 5.54 Å². The standard InChI is InChI=1S/C15H28N4/c1-12(2)17-15(11-16)6-5-14(9-15)19-8-7-18(4)13(3)10-19/h12-14,17H,5-10H2,1-4H3. The maximum Gasteiger partial charge on any atom is 0.108 e. The molecule has 4 nitrogen and oxygen atoms in total. The Morgan fingerprint density at radius 2 is 2.11 bits per heavy atom. The number of hydrogen-bond donors (Lipinski definition) is 1. The smallest absolute Gasteiger partial charge is 0.108 e. The quantitative estimate of drug-likeness (QED) is 0.837. The van der Waals surface area contributed by atoms with Gasteiger partial charge in [-0.05, 0) is 47.1 Å². The Balaban J connectivity index is 1.96. The van der Waals surface area contributed by atoms with Crippen LogP contribution in [0, 0.1) is 11.3 Å². The van der Waals surface area contributed by atoms with Gasteiger partial charge in [-0.25, -0.2) is 0 Å². The first-order chi connectivity index (χ1) is 8.96. The molecule has 2 rings (SSSR count). The summed E-state index contributed by atoms with van der Waals surface area (Å²) >= 11 is 0. The van der Waals surface area contributed by atoms with E-state index < -0.39 is 0 Å². The Bertz CT molecular complexity index is 349. The van der Waals surface area contributed by atoms with Gasteiger partial charge in [-0.3, -0.25) is 10.2 Å². The third-order valence-electron chi connectivity index (χ3n) is 4.77. The SMILES string of the molecule is CC(C)NC1(C#N)CCC(N2CCN(C)C(C)C2)C1. The molecule has 2 aliphatic rings. The summed E-state index contributed by atoms with van der Waals surface area (Å²) in [4.78, 5) is 5.03. The molecule has 3 atom stereocenters. The average molecular weight is 264 g/mol. The van der Waals surface area contributed by atoms with Gasteiger partial charge in [0.15, 0.2) is 0 Å². The van der Waals surface area contributed by atoms with Crippen LogP contribution in [0.2, 0.25) is 0 Å². The van der Waals surface area contributed by atoms with Gasteiger partial charge in [-0.1, -0.05) is 0 Å². The summed E-state index contributed by atoms with van der Waals surface area (Å²) in [7, 11) is 2.20. The van der Waals surface area contributed by atoms with Crippen LogP contribution in [0.15, 0.2) is 0 Å². The Morgan fingerprint density at radius 3 is 2.68 bits per heavy atom. The lowest BCUT2D eigenvalue weighted by molar-refractivity contribution is 0.0718. The summed E-state index contributed by atoms with van der Waals surface area (Å²) in [5.74, 6) is 0. The molecule has 0 aromatic heterocycles. The van der Waals surface area contributed by atoms with E-state index in [9.17, 15) is 5.26 Å². The normalized spacial score (nSPS) is 37.7. The monoisotopic (exact) mass is 264 g/mol. The maximum absolute atomic E-state index is 9.54. The van der Waals surface area contributed by atoms with Gasteiger partial charge < -0.3 is 4.90 Å². The van der Waals surface area contributed by atoms with Gasteiger partial charge in [-0.15, -0.1) is 0 Å². The minimum absolute atomic E-state index is 0.286. The Kier molecular flexibility index (Phi) is 4.50. The van der Waals surface area contributed by atoms with Crippen molar-refractivity contribution in [3.05, 3.63) is 0 Å². The van der Waals surface area contributed by atoms with Gasteiger partial charge in [0, 0.05) is 37.8 Å². The second-order valence-electron chi connectivity index (χ2n) is 6.71. The Hall–Kier alpha value is -0.630. The van der Waals surface area contributed by atoms with Crippen LogP contribution >= 0.6 is 0 Å². The highest BCUT2D eigenvalue weighted by atomic mass is 15.3. The third-order valence-corrected chi connectivity index (χ3v) is 4.77. The second-order valence-corrected chi connectivity index (χ2v) is 6.71. The minimum Gasteiger partial charge on any atom is -0.301 e. The molecular weight excluding hydrogens is 236 g/mol. The van der Waals surface area contributed by atoms with Gasteiger partial charge in [0.25, 0.3) is 0 Å². The van der Waals surface area contributed by atoms with Crippen molar-refractivity contribution in [3.63, 3.8) is 0 Å². The van der Waals surface area contributed by atoms with Gasteiger partial charge in [0.1, 0.15) is 5.54 Å². The predicted octanol–water partition coefficient (Wildman–Crippen LogP) is 1.44. The highest BCUT2D eigenvalue weighted by molar-refractivity contribution is 5.14. The molecule has 0 bridgehead atoms. The van der Waals surface area contributed by atoms with Crippen molar-refractivity contribution in [2.45, 2.75) is 63.7 Å². The van der Waals surface area contributed by atoms with Gasteiger partial charge in [0.2, 0.25) is 0 Å². The molecule has 1 aliphatic carbocycles.